The summed E-state index contributed by atoms with van der Waals surface area (Å²) in [5.74, 6) is 0.108. The number of ketones is 1. The van der Waals surface area contributed by atoms with Crippen LogP contribution in [0.1, 0.15) is 33.5 Å². The van der Waals surface area contributed by atoms with Crippen molar-refractivity contribution in [1.82, 2.24) is 0 Å². The molecular formula is C26H22ClNO5. The van der Waals surface area contributed by atoms with Crippen LogP contribution in [0.2, 0.25) is 5.02 Å². The van der Waals surface area contributed by atoms with Crippen LogP contribution in [0, 0.1) is 6.92 Å². The molecule has 7 heteroatoms. The van der Waals surface area contributed by atoms with E-state index in [1.165, 1.54) is 4.90 Å². The maximum absolute atomic E-state index is 13.5. The average molecular weight is 464 g/mol. The highest BCUT2D eigenvalue weighted by Crippen LogP contribution is 2.45. The number of halogens is 1. The molecule has 0 aliphatic carbocycles. The molecule has 1 atom stereocenters. The van der Waals surface area contributed by atoms with E-state index in [9.17, 15) is 14.7 Å². The van der Waals surface area contributed by atoms with Gasteiger partial charge < -0.3 is 19.5 Å². The van der Waals surface area contributed by atoms with Gasteiger partial charge in [0.2, 0.25) is 0 Å². The molecule has 0 unspecified atom stereocenters. The van der Waals surface area contributed by atoms with Gasteiger partial charge in [-0.15, -0.1) is 0 Å². The van der Waals surface area contributed by atoms with E-state index in [0.717, 1.165) is 11.1 Å². The summed E-state index contributed by atoms with van der Waals surface area (Å²) >= 11 is 6.21. The lowest BCUT2D eigenvalue weighted by molar-refractivity contribution is -0.136. The van der Waals surface area contributed by atoms with E-state index >= 15 is 0 Å². The van der Waals surface area contributed by atoms with Crippen molar-refractivity contribution in [3.63, 3.8) is 0 Å². The first-order valence-corrected chi connectivity index (χ1v) is 11.1. The van der Waals surface area contributed by atoms with Crippen molar-refractivity contribution in [2.45, 2.75) is 25.5 Å². The monoisotopic (exact) mass is 463 g/mol. The molecule has 2 aliphatic rings. The van der Waals surface area contributed by atoms with E-state index in [0.29, 0.717) is 46.5 Å². The van der Waals surface area contributed by atoms with Gasteiger partial charge in [0, 0.05) is 16.1 Å². The van der Waals surface area contributed by atoms with Gasteiger partial charge in [-0.2, -0.15) is 0 Å². The van der Waals surface area contributed by atoms with E-state index in [1.54, 1.807) is 36.4 Å². The number of aryl methyl sites for hydroxylation is 1. The number of aliphatic hydroxyl groups is 1. The Kier molecular flexibility index (Phi) is 5.35. The summed E-state index contributed by atoms with van der Waals surface area (Å²) in [6.45, 7) is 3.09. The Morgan fingerprint density at radius 2 is 1.82 bits per heavy atom. The summed E-state index contributed by atoms with van der Waals surface area (Å²) in [6, 6.07) is 17.6. The fourth-order valence-electron chi connectivity index (χ4n) is 4.36. The first kappa shape index (κ1) is 21.5. The number of hydrogen-bond acceptors (Lipinski definition) is 5. The van der Waals surface area contributed by atoms with Crippen molar-refractivity contribution in [2.24, 2.45) is 0 Å². The molecule has 0 aromatic heterocycles. The van der Waals surface area contributed by atoms with Gasteiger partial charge in [-0.25, -0.2) is 0 Å². The zero-order valence-electron chi connectivity index (χ0n) is 18.0. The van der Waals surface area contributed by atoms with Crippen LogP contribution in [0.4, 0.5) is 5.69 Å². The zero-order valence-corrected chi connectivity index (χ0v) is 18.8. The first-order chi connectivity index (χ1) is 15.9. The average Bonchev–Trinajstić information content (AvgIpc) is 3.01. The molecule has 0 fully saturated rings. The van der Waals surface area contributed by atoms with Crippen LogP contribution in [-0.2, 0) is 16.9 Å². The molecule has 6 nitrogen and oxygen atoms in total. The number of Topliss-reactive ketones (excluding diaryl/α,β-unsaturated/α-hetero) is 1. The van der Waals surface area contributed by atoms with Crippen molar-refractivity contribution >= 4 is 29.0 Å². The fourth-order valence-corrected chi connectivity index (χ4v) is 4.53. The first-order valence-electron chi connectivity index (χ1n) is 10.7. The quantitative estimate of drug-likeness (QED) is 0.566. The highest BCUT2D eigenvalue weighted by Gasteiger charge is 2.51. The number of carbonyl (C=O) groups excluding carboxylic acids is 2. The van der Waals surface area contributed by atoms with Crippen molar-refractivity contribution in [3.8, 4) is 11.5 Å². The summed E-state index contributed by atoms with van der Waals surface area (Å²) in [7, 11) is 0. The molecule has 3 aromatic carbocycles. The summed E-state index contributed by atoms with van der Waals surface area (Å²) < 4.78 is 11.1. The van der Waals surface area contributed by atoms with Gasteiger partial charge in [0.05, 0.1) is 18.7 Å². The van der Waals surface area contributed by atoms with Crippen molar-refractivity contribution in [2.75, 3.05) is 18.1 Å². The van der Waals surface area contributed by atoms with Gasteiger partial charge in [-0.3, -0.25) is 9.59 Å². The maximum atomic E-state index is 13.5. The predicted molar refractivity (Wildman–Crippen MR) is 124 cm³/mol. The SMILES string of the molecule is Cc1ccccc1CN1C(=O)[C@@](O)(CC(=O)c2ccc3c(c2)OCCO3)c2cc(Cl)ccc21. The van der Waals surface area contributed by atoms with Crippen LogP contribution in [0.3, 0.4) is 0 Å². The molecule has 3 aromatic rings. The molecule has 1 amide bonds. The molecule has 0 saturated heterocycles. The van der Waals surface area contributed by atoms with Gasteiger partial charge in [-0.05, 0) is 54.4 Å². The molecule has 0 spiro atoms. The normalized spacial score (nSPS) is 18.9. The topological polar surface area (TPSA) is 76.1 Å². The van der Waals surface area contributed by atoms with Crippen LogP contribution < -0.4 is 14.4 Å². The number of nitrogens with zero attached hydrogens (tertiary/aromatic N) is 1. The van der Waals surface area contributed by atoms with Crippen LogP contribution in [0.25, 0.3) is 0 Å². The van der Waals surface area contributed by atoms with Crippen molar-refractivity contribution in [3.05, 3.63) is 87.9 Å². The Hall–Kier alpha value is -3.35. The number of fused-ring (bicyclic) bond motifs is 2. The Balaban J connectivity index is 1.49. The molecule has 2 heterocycles. The fraction of sp³-hybridized carbons (Fsp3) is 0.231. The summed E-state index contributed by atoms with van der Waals surface area (Å²) in [4.78, 5) is 28.3. The highest BCUT2D eigenvalue weighted by molar-refractivity contribution is 6.31. The minimum atomic E-state index is -2.02. The number of anilines is 1. The Labute approximate surface area is 196 Å². The largest absolute Gasteiger partial charge is 0.486 e. The third-order valence-electron chi connectivity index (χ3n) is 6.16. The molecule has 2 aliphatic heterocycles. The number of hydrogen-bond donors (Lipinski definition) is 1. The number of rotatable bonds is 5. The second-order valence-electron chi connectivity index (χ2n) is 8.30. The second kappa shape index (κ2) is 8.21. The Morgan fingerprint density at radius 1 is 1.06 bits per heavy atom. The minimum Gasteiger partial charge on any atom is -0.486 e. The van der Waals surface area contributed by atoms with Gasteiger partial charge >= 0.3 is 0 Å². The van der Waals surface area contributed by atoms with Crippen LogP contribution in [0.15, 0.2) is 60.7 Å². The number of benzene rings is 3. The van der Waals surface area contributed by atoms with E-state index in [2.05, 4.69) is 0 Å². The van der Waals surface area contributed by atoms with Crippen LogP contribution in [-0.4, -0.2) is 30.0 Å². The molecule has 168 valence electrons. The summed E-state index contributed by atoms with van der Waals surface area (Å²) in [6.07, 6.45) is -0.414. The molecule has 0 bridgehead atoms. The molecule has 0 radical (unpaired) electrons. The molecule has 5 rings (SSSR count). The zero-order chi connectivity index (χ0) is 23.2. The van der Waals surface area contributed by atoms with Crippen molar-refractivity contribution in [1.29, 1.82) is 0 Å². The van der Waals surface area contributed by atoms with Crippen molar-refractivity contribution < 1.29 is 24.2 Å². The lowest BCUT2D eigenvalue weighted by Gasteiger charge is -2.24. The highest BCUT2D eigenvalue weighted by atomic mass is 35.5. The summed E-state index contributed by atoms with van der Waals surface area (Å²) in [5.41, 5.74) is 1.18. The molecular weight excluding hydrogens is 442 g/mol. The molecule has 0 saturated carbocycles. The van der Waals surface area contributed by atoms with E-state index in [-0.39, 0.29) is 12.3 Å². The smallest absolute Gasteiger partial charge is 0.264 e. The summed E-state index contributed by atoms with van der Waals surface area (Å²) in [5, 5.41) is 12.0. The third-order valence-corrected chi connectivity index (χ3v) is 6.40. The standard InChI is InChI=1S/C26H22ClNO5/c1-16-4-2-3-5-18(16)15-28-21-8-7-19(27)13-20(21)26(31,25(28)30)14-22(29)17-6-9-23-24(12-17)33-11-10-32-23/h2-9,12-13,31H,10-11,14-15H2,1H3/t26-/m1/s1. The van der Waals surface area contributed by atoms with Crippen LogP contribution >= 0.6 is 11.6 Å². The predicted octanol–water partition coefficient (Wildman–Crippen LogP) is 4.43. The molecule has 1 N–H and O–H groups in total. The third kappa shape index (κ3) is 3.75. The van der Waals surface area contributed by atoms with Gasteiger partial charge in [0.1, 0.15) is 13.2 Å². The van der Waals surface area contributed by atoms with Gasteiger partial charge in [-0.1, -0.05) is 35.9 Å². The number of amides is 1. The second-order valence-corrected chi connectivity index (χ2v) is 8.73. The number of ether oxygens (including phenoxy) is 2. The number of carbonyl (C=O) groups is 2. The lowest BCUT2D eigenvalue weighted by Crippen LogP contribution is -2.41. The van der Waals surface area contributed by atoms with Crippen LogP contribution in [0.5, 0.6) is 11.5 Å². The van der Waals surface area contributed by atoms with Gasteiger partial charge in [0.15, 0.2) is 22.9 Å². The van der Waals surface area contributed by atoms with E-state index in [4.69, 9.17) is 21.1 Å². The lowest BCUT2D eigenvalue weighted by atomic mass is 9.88. The minimum absolute atomic E-state index is 0.278. The van der Waals surface area contributed by atoms with E-state index in [1.807, 2.05) is 31.2 Å². The Bertz CT molecular complexity index is 1270. The maximum Gasteiger partial charge on any atom is 0.264 e. The van der Waals surface area contributed by atoms with Gasteiger partial charge in [0.25, 0.3) is 5.91 Å². The molecule has 33 heavy (non-hydrogen) atoms. The van der Waals surface area contributed by atoms with E-state index < -0.39 is 17.9 Å². The Morgan fingerprint density at radius 3 is 2.61 bits per heavy atom.